The zero-order valence-corrected chi connectivity index (χ0v) is 8.04. The zero-order chi connectivity index (χ0) is 9.94. The van der Waals surface area contributed by atoms with Crippen LogP contribution in [-0.4, -0.2) is 17.6 Å². The lowest BCUT2D eigenvalue weighted by Crippen LogP contribution is -1.96. The Morgan fingerprint density at radius 1 is 1.15 bits per heavy atom. The van der Waals surface area contributed by atoms with Gasteiger partial charge in [0.15, 0.2) is 0 Å². The van der Waals surface area contributed by atoms with E-state index in [2.05, 4.69) is 12.2 Å². The van der Waals surface area contributed by atoms with Gasteiger partial charge < -0.3 is 10.8 Å². The topological polar surface area (TPSA) is 63.3 Å². The standard InChI is InChI=1S/C10H19NO2/c11-9-7-5-3-1-2-4-6-8-10(12)13/h1,3H,2,4-9,11H2,(H,12,13). The van der Waals surface area contributed by atoms with Crippen molar-refractivity contribution in [2.45, 2.75) is 38.5 Å². The Hall–Kier alpha value is -0.830. The summed E-state index contributed by atoms with van der Waals surface area (Å²) in [5.74, 6) is -0.702. The molecule has 0 aliphatic carbocycles. The Labute approximate surface area is 79.6 Å². The number of carbonyl (C=O) groups is 1. The van der Waals surface area contributed by atoms with Crippen LogP contribution in [-0.2, 0) is 4.79 Å². The summed E-state index contributed by atoms with van der Waals surface area (Å²) in [6.07, 6.45) is 9.31. The van der Waals surface area contributed by atoms with Crippen LogP contribution in [0.5, 0.6) is 0 Å². The summed E-state index contributed by atoms with van der Waals surface area (Å²) in [6, 6.07) is 0. The van der Waals surface area contributed by atoms with Crippen molar-refractivity contribution in [3.05, 3.63) is 12.2 Å². The summed E-state index contributed by atoms with van der Waals surface area (Å²) in [6.45, 7) is 0.739. The summed E-state index contributed by atoms with van der Waals surface area (Å²) in [7, 11) is 0. The molecule has 0 rings (SSSR count). The minimum absolute atomic E-state index is 0.288. The number of nitrogens with two attached hydrogens (primary N) is 1. The Morgan fingerprint density at radius 2 is 1.77 bits per heavy atom. The SMILES string of the molecule is NCCCC=CCCCCC(=O)O. The zero-order valence-electron chi connectivity index (χ0n) is 8.04. The highest BCUT2D eigenvalue weighted by Crippen LogP contribution is 2.01. The number of rotatable bonds is 8. The van der Waals surface area contributed by atoms with Crippen LogP contribution in [0.2, 0.25) is 0 Å². The molecule has 0 atom stereocenters. The van der Waals surface area contributed by atoms with Crippen molar-refractivity contribution < 1.29 is 9.90 Å². The van der Waals surface area contributed by atoms with Crippen LogP contribution in [0.15, 0.2) is 12.2 Å². The van der Waals surface area contributed by atoms with Crippen LogP contribution in [0.25, 0.3) is 0 Å². The largest absolute Gasteiger partial charge is 0.481 e. The first-order valence-corrected chi connectivity index (χ1v) is 4.84. The lowest BCUT2D eigenvalue weighted by molar-refractivity contribution is -0.137. The van der Waals surface area contributed by atoms with Crippen LogP contribution in [0.3, 0.4) is 0 Å². The van der Waals surface area contributed by atoms with E-state index in [9.17, 15) is 4.79 Å². The maximum Gasteiger partial charge on any atom is 0.303 e. The van der Waals surface area contributed by atoms with Crippen molar-refractivity contribution in [2.24, 2.45) is 5.73 Å². The maximum absolute atomic E-state index is 10.1. The second-order valence-corrected chi connectivity index (χ2v) is 3.04. The molecule has 3 heteroatoms. The maximum atomic E-state index is 10.1. The Kier molecular flexibility index (Phi) is 8.67. The van der Waals surface area contributed by atoms with Crippen LogP contribution >= 0.6 is 0 Å². The van der Waals surface area contributed by atoms with E-state index in [4.69, 9.17) is 10.8 Å². The lowest BCUT2D eigenvalue weighted by Gasteiger charge is -1.93. The molecular weight excluding hydrogens is 166 g/mol. The van der Waals surface area contributed by atoms with E-state index in [0.717, 1.165) is 38.6 Å². The van der Waals surface area contributed by atoms with Crippen molar-refractivity contribution in [1.82, 2.24) is 0 Å². The van der Waals surface area contributed by atoms with E-state index >= 15 is 0 Å². The fourth-order valence-electron chi connectivity index (χ4n) is 1.01. The van der Waals surface area contributed by atoms with Gasteiger partial charge in [-0.15, -0.1) is 0 Å². The second kappa shape index (κ2) is 9.26. The van der Waals surface area contributed by atoms with Crippen LogP contribution in [0.1, 0.15) is 38.5 Å². The van der Waals surface area contributed by atoms with Gasteiger partial charge in [-0.2, -0.15) is 0 Å². The molecule has 3 N–H and O–H groups in total. The van der Waals surface area contributed by atoms with Crippen molar-refractivity contribution in [1.29, 1.82) is 0 Å². The molecule has 0 bridgehead atoms. The van der Waals surface area contributed by atoms with Crippen LogP contribution in [0, 0.1) is 0 Å². The highest BCUT2D eigenvalue weighted by molar-refractivity contribution is 5.66. The van der Waals surface area contributed by atoms with Gasteiger partial charge in [0, 0.05) is 6.42 Å². The molecule has 0 saturated carbocycles. The van der Waals surface area contributed by atoms with E-state index in [1.165, 1.54) is 0 Å². The van der Waals surface area contributed by atoms with Gasteiger partial charge in [0.25, 0.3) is 0 Å². The van der Waals surface area contributed by atoms with Gasteiger partial charge in [0.2, 0.25) is 0 Å². The molecule has 13 heavy (non-hydrogen) atoms. The third kappa shape index (κ3) is 11.2. The third-order valence-electron chi connectivity index (χ3n) is 1.75. The molecule has 0 amide bonds. The average Bonchev–Trinajstić information content (AvgIpc) is 2.09. The predicted octanol–water partition coefficient (Wildman–Crippen LogP) is 1.93. The van der Waals surface area contributed by atoms with E-state index in [1.807, 2.05) is 0 Å². The number of hydrogen-bond acceptors (Lipinski definition) is 2. The summed E-state index contributed by atoms with van der Waals surface area (Å²) < 4.78 is 0. The van der Waals surface area contributed by atoms with E-state index < -0.39 is 5.97 Å². The molecular formula is C10H19NO2. The minimum Gasteiger partial charge on any atom is -0.481 e. The van der Waals surface area contributed by atoms with Gasteiger partial charge in [0.05, 0.1) is 0 Å². The van der Waals surface area contributed by atoms with E-state index in [0.29, 0.717) is 0 Å². The van der Waals surface area contributed by atoms with Gasteiger partial charge in [-0.1, -0.05) is 12.2 Å². The first kappa shape index (κ1) is 12.2. The third-order valence-corrected chi connectivity index (χ3v) is 1.75. The second-order valence-electron chi connectivity index (χ2n) is 3.04. The van der Waals surface area contributed by atoms with Gasteiger partial charge in [0.1, 0.15) is 0 Å². The quantitative estimate of drug-likeness (QED) is 0.448. The molecule has 0 aliphatic rings. The average molecular weight is 185 g/mol. The van der Waals surface area contributed by atoms with Gasteiger partial charge in [-0.25, -0.2) is 0 Å². The van der Waals surface area contributed by atoms with Gasteiger partial charge in [-0.05, 0) is 38.6 Å². The van der Waals surface area contributed by atoms with E-state index in [-0.39, 0.29) is 6.42 Å². The molecule has 76 valence electrons. The number of unbranched alkanes of at least 4 members (excludes halogenated alkanes) is 3. The van der Waals surface area contributed by atoms with Crippen molar-refractivity contribution in [3.8, 4) is 0 Å². The highest BCUT2D eigenvalue weighted by atomic mass is 16.4. The van der Waals surface area contributed by atoms with Crippen molar-refractivity contribution >= 4 is 5.97 Å². The number of carboxylic acid groups (broad SMARTS) is 1. The van der Waals surface area contributed by atoms with Gasteiger partial charge >= 0.3 is 5.97 Å². The van der Waals surface area contributed by atoms with E-state index in [1.54, 1.807) is 0 Å². The number of allylic oxidation sites excluding steroid dienone is 2. The Morgan fingerprint density at radius 3 is 2.31 bits per heavy atom. The monoisotopic (exact) mass is 185 g/mol. The molecule has 3 nitrogen and oxygen atoms in total. The molecule has 0 saturated heterocycles. The minimum atomic E-state index is -0.702. The van der Waals surface area contributed by atoms with Crippen LogP contribution in [0.4, 0.5) is 0 Å². The summed E-state index contributed by atoms with van der Waals surface area (Å²) in [5.41, 5.74) is 5.33. The Bertz CT molecular complexity index is 155. The Balaban J connectivity index is 3.06. The molecule has 0 spiro atoms. The molecule has 0 aromatic heterocycles. The molecule has 0 heterocycles. The molecule has 0 radical (unpaired) electrons. The smallest absolute Gasteiger partial charge is 0.303 e. The lowest BCUT2D eigenvalue weighted by atomic mass is 10.2. The first-order valence-electron chi connectivity index (χ1n) is 4.84. The van der Waals surface area contributed by atoms with Gasteiger partial charge in [-0.3, -0.25) is 4.79 Å². The molecule has 0 aliphatic heterocycles. The van der Waals surface area contributed by atoms with Crippen molar-refractivity contribution in [3.63, 3.8) is 0 Å². The first-order chi connectivity index (χ1) is 6.27. The molecule has 0 aromatic rings. The highest BCUT2D eigenvalue weighted by Gasteiger charge is 1.93. The summed E-state index contributed by atoms with van der Waals surface area (Å²) >= 11 is 0. The summed E-state index contributed by atoms with van der Waals surface area (Å²) in [4.78, 5) is 10.1. The normalized spacial score (nSPS) is 10.8. The fourth-order valence-corrected chi connectivity index (χ4v) is 1.01. The fraction of sp³-hybridized carbons (Fsp3) is 0.700. The predicted molar refractivity (Wildman–Crippen MR) is 53.5 cm³/mol. The number of aliphatic carboxylic acids is 1. The van der Waals surface area contributed by atoms with Crippen molar-refractivity contribution in [2.75, 3.05) is 6.54 Å². The molecule has 0 fully saturated rings. The molecule has 0 unspecified atom stereocenters. The number of carboxylic acids is 1. The molecule has 0 aromatic carbocycles. The summed E-state index contributed by atoms with van der Waals surface area (Å²) in [5, 5.41) is 8.35. The number of hydrogen-bond donors (Lipinski definition) is 2. The van der Waals surface area contributed by atoms with Crippen LogP contribution < -0.4 is 5.73 Å².